The zero-order valence-electron chi connectivity index (χ0n) is 13.4. The van der Waals surface area contributed by atoms with Crippen LogP contribution in [0.3, 0.4) is 0 Å². The van der Waals surface area contributed by atoms with Gasteiger partial charge >= 0.3 is 0 Å². The Hall–Kier alpha value is -1.97. The summed E-state index contributed by atoms with van der Waals surface area (Å²) in [4.78, 5) is 6.42. The molecule has 21 heavy (non-hydrogen) atoms. The third-order valence-electron chi connectivity index (χ3n) is 3.10. The molecule has 0 aliphatic carbocycles. The molecule has 116 valence electrons. The molecule has 0 aromatic heterocycles. The summed E-state index contributed by atoms with van der Waals surface area (Å²) >= 11 is 0. The lowest BCUT2D eigenvalue weighted by molar-refractivity contribution is 0.222. The monoisotopic (exact) mass is 289 g/mol. The second-order valence-electron chi connectivity index (χ2n) is 5.02. The van der Waals surface area contributed by atoms with E-state index in [9.17, 15) is 0 Å². The molecule has 1 rings (SSSR count). The molecule has 0 aliphatic rings. The first-order chi connectivity index (χ1) is 10.2. The summed E-state index contributed by atoms with van der Waals surface area (Å²) < 4.78 is 5.84. The molecule has 0 amide bonds. The van der Waals surface area contributed by atoms with Gasteiger partial charge in [0.15, 0.2) is 5.96 Å². The molecule has 0 spiro atoms. The van der Waals surface area contributed by atoms with Crippen LogP contribution in [0.5, 0.6) is 5.75 Å². The van der Waals surface area contributed by atoms with Crippen molar-refractivity contribution in [3.8, 4) is 5.75 Å². The maximum absolute atomic E-state index is 5.84. The average Bonchev–Trinajstić information content (AvgIpc) is 2.49. The lowest BCUT2D eigenvalue weighted by Crippen LogP contribution is -2.43. The highest BCUT2D eigenvalue weighted by molar-refractivity contribution is 5.79. The van der Waals surface area contributed by atoms with E-state index < -0.39 is 0 Å². The minimum Gasteiger partial charge on any atom is -0.489 e. The van der Waals surface area contributed by atoms with Gasteiger partial charge in [0.25, 0.3) is 0 Å². The van der Waals surface area contributed by atoms with E-state index in [1.165, 1.54) is 0 Å². The van der Waals surface area contributed by atoms with Gasteiger partial charge in [-0.05, 0) is 31.9 Å². The smallest absolute Gasteiger partial charge is 0.193 e. The van der Waals surface area contributed by atoms with Crippen molar-refractivity contribution >= 4 is 5.96 Å². The second kappa shape index (κ2) is 9.86. The largest absolute Gasteiger partial charge is 0.489 e. The van der Waals surface area contributed by atoms with Crippen LogP contribution in [-0.2, 0) is 0 Å². The molecule has 4 nitrogen and oxygen atoms in total. The first-order valence-corrected chi connectivity index (χ1v) is 7.41. The van der Waals surface area contributed by atoms with E-state index in [0.29, 0.717) is 6.54 Å². The van der Waals surface area contributed by atoms with Crippen molar-refractivity contribution in [2.45, 2.75) is 25.9 Å². The van der Waals surface area contributed by atoms with Crippen molar-refractivity contribution in [2.75, 3.05) is 27.2 Å². The molecule has 1 unspecified atom stereocenters. The van der Waals surface area contributed by atoms with Crippen LogP contribution in [0, 0.1) is 0 Å². The Labute approximate surface area is 128 Å². The summed E-state index contributed by atoms with van der Waals surface area (Å²) in [5.41, 5.74) is 0. The van der Waals surface area contributed by atoms with Crippen molar-refractivity contribution in [1.82, 2.24) is 10.2 Å². The maximum Gasteiger partial charge on any atom is 0.193 e. The first kappa shape index (κ1) is 17.1. The number of ether oxygens (including phenoxy) is 1. The van der Waals surface area contributed by atoms with Crippen molar-refractivity contribution in [1.29, 1.82) is 0 Å². The number of unbranched alkanes of at least 4 members (excludes halogenated alkanes) is 1. The van der Waals surface area contributed by atoms with Gasteiger partial charge in [-0.2, -0.15) is 0 Å². The fraction of sp³-hybridized carbons (Fsp3) is 0.471. The van der Waals surface area contributed by atoms with Crippen LogP contribution in [0.15, 0.2) is 48.0 Å². The molecular weight excluding hydrogens is 262 g/mol. The highest BCUT2D eigenvalue weighted by Gasteiger charge is 2.08. The highest BCUT2D eigenvalue weighted by Crippen LogP contribution is 2.10. The number of nitrogens with one attached hydrogen (secondary N) is 1. The van der Waals surface area contributed by atoms with Crippen LogP contribution in [0.2, 0.25) is 0 Å². The van der Waals surface area contributed by atoms with Crippen LogP contribution < -0.4 is 10.1 Å². The number of hydrogen-bond acceptors (Lipinski definition) is 2. The Morgan fingerprint density at radius 2 is 2.14 bits per heavy atom. The summed E-state index contributed by atoms with van der Waals surface area (Å²) in [5.74, 6) is 1.78. The molecule has 1 N–H and O–H groups in total. The lowest BCUT2D eigenvalue weighted by Gasteiger charge is -2.23. The van der Waals surface area contributed by atoms with Gasteiger partial charge < -0.3 is 15.0 Å². The van der Waals surface area contributed by atoms with E-state index in [1.54, 1.807) is 7.05 Å². The molecule has 0 fully saturated rings. The fourth-order valence-electron chi connectivity index (χ4n) is 1.97. The van der Waals surface area contributed by atoms with Gasteiger partial charge in [-0.25, -0.2) is 0 Å². The van der Waals surface area contributed by atoms with Crippen molar-refractivity contribution < 1.29 is 4.74 Å². The zero-order chi connectivity index (χ0) is 15.5. The Kier molecular flexibility index (Phi) is 8.02. The van der Waals surface area contributed by atoms with Gasteiger partial charge in [0.2, 0.25) is 0 Å². The van der Waals surface area contributed by atoms with Crippen molar-refractivity contribution in [2.24, 2.45) is 4.99 Å². The third kappa shape index (κ3) is 6.84. The van der Waals surface area contributed by atoms with Crippen LogP contribution in [0.25, 0.3) is 0 Å². The Balaban J connectivity index is 2.35. The molecule has 0 saturated heterocycles. The van der Waals surface area contributed by atoms with Crippen LogP contribution >= 0.6 is 0 Å². The van der Waals surface area contributed by atoms with E-state index in [4.69, 9.17) is 4.74 Å². The summed E-state index contributed by atoms with van der Waals surface area (Å²) in [6.45, 7) is 7.46. The van der Waals surface area contributed by atoms with Gasteiger partial charge in [0, 0.05) is 20.6 Å². The van der Waals surface area contributed by atoms with E-state index in [2.05, 4.69) is 21.8 Å². The number of rotatable bonds is 8. The van der Waals surface area contributed by atoms with Crippen molar-refractivity contribution in [3.05, 3.63) is 43.0 Å². The van der Waals surface area contributed by atoms with Crippen LogP contribution in [-0.4, -0.2) is 44.1 Å². The summed E-state index contributed by atoms with van der Waals surface area (Å²) in [6, 6.07) is 9.86. The number of nitrogens with zero attached hydrogens (tertiary/aromatic N) is 2. The quantitative estimate of drug-likeness (QED) is 0.346. The number of hydrogen-bond donors (Lipinski definition) is 1. The molecule has 4 heteroatoms. The number of guanidine groups is 1. The van der Waals surface area contributed by atoms with Crippen LogP contribution in [0.1, 0.15) is 19.8 Å². The molecular formula is C17H27N3O. The molecule has 1 aromatic rings. The Morgan fingerprint density at radius 3 is 2.76 bits per heavy atom. The molecule has 1 atom stereocenters. The van der Waals surface area contributed by atoms with E-state index in [0.717, 1.165) is 31.1 Å². The third-order valence-corrected chi connectivity index (χ3v) is 3.10. The maximum atomic E-state index is 5.84. The number of aliphatic imine (C=N–C) groups is 1. The molecule has 0 saturated carbocycles. The van der Waals surface area contributed by atoms with Crippen LogP contribution in [0.4, 0.5) is 0 Å². The normalized spacial score (nSPS) is 12.6. The second-order valence-corrected chi connectivity index (χ2v) is 5.02. The van der Waals surface area contributed by atoms with Gasteiger partial charge in [-0.1, -0.05) is 24.3 Å². The van der Waals surface area contributed by atoms with E-state index in [1.807, 2.05) is 50.4 Å². The minimum absolute atomic E-state index is 0.0747. The SMILES string of the molecule is C=CCCCN(C)C(=NC)NCC(C)Oc1ccccc1. The molecule has 0 heterocycles. The predicted molar refractivity (Wildman–Crippen MR) is 90.0 cm³/mol. The highest BCUT2D eigenvalue weighted by atomic mass is 16.5. The van der Waals surface area contributed by atoms with Gasteiger partial charge in [0.05, 0.1) is 6.54 Å². The fourth-order valence-corrected chi connectivity index (χ4v) is 1.97. The molecule has 0 radical (unpaired) electrons. The van der Waals surface area contributed by atoms with Gasteiger partial charge in [0.1, 0.15) is 11.9 Å². The summed E-state index contributed by atoms with van der Waals surface area (Å²) in [5, 5.41) is 3.34. The van der Waals surface area contributed by atoms with Gasteiger partial charge in [-0.3, -0.25) is 4.99 Å². The van der Waals surface area contributed by atoms with E-state index >= 15 is 0 Å². The Morgan fingerprint density at radius 1 is 1.43 bits per heavy atom. The Bertz CT molecular complexity index is 431. The van der Waals surface area contributed by atoms with Gasteiger partial charge in [-0.15, -0.1) is 6.58 Å². The minimum atomic E-state index is 0.0747. The first-order valence-electron chi connectivity index (χ1n) is 7.41. The molecule has 0 aliphatic heterocycles. The summed E-state index contributed by atoms with van der Waals surface area (Å²) in [6.07, 6.45) is 4.12. The molecule has 0 bridgehead atoms. The predicted octanol–water partition coefficient (Wildman–Crippen LogP) is 2.93. The number of para-hydroxylation sites is 1. The number of allylic oxidation sites excluding steroid dienone is 1. The topological polar surface area (TPSA) is 36.9 Å². The number of benzene rings is 1. The lowest BCUT2D eigenvalue weighted by atomic mass is 10.3. The summed E-state index contributed by atoms with van der Waals surface area (Å²) in [7, 11) is 3.84. The zero-order valence-corrected chi connectivity index (χ0v) is 13.4. The van der Waals surface area contributed by atoms with E-state index in [-0.39, 0.29) is 6.10 Å². The standard InChI is InChI=1S/C17H27N3O/c1-5-6-10-13-20(4)17(18-3)19-14-15(2)21-16-11-8-7-9-12-16/h5,7-9,11-12,15H,1,6,10,13-14H2,2-4H3,(H,18,19). The van der Waals surface area contributed by atoms with Crippen molar-refractivity contribution in [3.63, 3.8) is 0 Å². The average molecular weight is 289 g/mol. The molecule has 1 aromatic carbocycles.